The molecule has 0 spiro atoms. The van der Waals surface area contributed by atoms with Crippen molar-refractivity contribution in [3.05, 3.63) is 125 Å². The van der Waals surface area contributed by atoms with Crippen molar-refractivity contribution in [2.45, 2.75) is 33.3 Å². The standard InChI is InChI=1S/C36H36N4O4/c1-24(2)31-17-11-25(3)19-33(31)44-23-26-12-14-27(15-13-26)36(41)38-37-21-29-22-40(30-9-7-6-8-10-30)39-35(29)28-16-18-32(42-4)34(20-28)43-5/h6-22,24H,23H2,1-5H3,(H,38,41)/b37-21-. The second-order valence-electron chi connectivity index (χ2n) is 10.7. The van der Waals surface area contributed by atoms with Crippen molar-refractivity contribution < 1.29 is 19.0 Å². The SMILES string of the molecule is COc1ccc(-c2nn(-c3ccccc3)cc2/C=N\NC(=O)c2ccc(COc3cc(C)ccc3C(C)C)cc2)cc1OC. The summed E-state index contributed by atoms with van der Waals surface area (Å²) < 4.78 is 18.8. The third kappa shape index (κ3) is 6.98. The van der Waals surface area contributed by atoms with E-state index in [-0.39, 0.29) is 5.91 Å². The summed E-state index contributed by atoms with van der Waals surface area (Å²) in [5, 5.41) is 9.07. The van der Waals surface area contributed by atoms with E-state index >= 15 is 0 Å². The summed E-state index contributed by atoms with van der Waals surface area (Å²) in [6, 6.07) is 29.0. The summed E-state index contributed by atoms with van der Waals surface area (Å²) in [6.45, 7) is 6.77. The number of amides is 1. The minimum absolute atomic E-state index is 0.322. The molecular formula is C36H36N4O4. The first-order chi connectivity index (χ1) is 21.4. The number of hydrazone groups is 1. The zero-order chi connectivity index (χ0) is 31.1. The van der Waals surface area contributed by atoms with Crippen LogP contribution >= 0.6 is 0 Å². The van der Waals surface area contributed by atoms with Crippen molar-refractivity contribution in [1.82, 2.24) is 15.2 Å². The fourth-order valence-electron chi connectivity index (χ4n) is 4.78. The van der Waals surface area contributed by atoms with Gasteiger partial charge in [-0.2, -0.15) is 10.2 Å². The fraction of sp³-hybridized carbons (Fsp3) is 0.194. The first-order valence-corrected chi connectivity index (χ1v) is 14.4. The number of benzene rings is 4. The van der Waals surface area contributed by atoms with Crippen molar-refractivity contribution in [2.75, 3.05) is 14.2 Å². The van der Waals surface area contributed by atoms with Crippen LogP contribution in [0.25, 0.3) is 16.9 Å². The Morgan fingerprint density at radius 2 is 1.66 bits per heavy atom. The molecule has 8 heteroatoms. The number of carbonyl (C=O) groups is 1. The van der Waals surface area contributed by atoms with E-state index in [2.05, 4.69) is 49.5 Å². The lowest BCUT2D eigenvalue weighted by molar-refractivity contribution is 0.0955. The van der Waals surface area contributed by atoms with Crippen LogP contribution in [-0.4, -0.2) is 36.1 Å². The molecule has 1 N–H and O–H groups in total. The van der Waals surface area contributed by atoms with Crippen molar-refractivity contribution in [2.24, 2.45) is 5.10 Å². The molecule has 1 aromatic heterocycles. The van der Waals surface area contributed by atoms with Gasteiger partial charge < -0.3 is 14.2 Å². The normalized spacial score (nSPS) is 11.1. The Morgan fingerprint density at radius 3 is 2.36 bits per heavy atom. The summed E-state index contributed by atoms with van der Waals surface area (Å²) in [5.41, 5.74) is 9.51. The van der Waals surface area contributed by atoms with Crippen molar-refractivity contribution >= 4 is 12.1 Å². The molecule has 0 aliphatic heterocycles. The molecule has 0 atom stereocenters. The average molecular weight is 589 g/mol. The summed E-state index contributed by atoms with van der Waals surface area (Å²) in [5.74, 6) is 2.13. The van der Waals surface area contributed by atoms with Crippen molar-refractivity contribution in [3.63, 3.8) is 0 Å². The molecule has 0 unspecified atom stereocenters. The lowest BCUT2D eigenvalue weighted by atomic mass is 10.0. The number of carbonyl (C=O) groups excluding carboxylic acids is 1. The first-order valence-electron chi connectivity index (χ1n) is 14.4. The number of nitrogens with zero attached hydrogens (tertiary/aromatic N) is 3. The van der Waals surface area contributed by atoms with Gasteiger partial charge in [-0.15, -0.1) is 0 Å². The summed E-state index contributed by atoms with van der Waals surface area (Å²) >= 11 is 0. The minimum Gasteiger partial charge on any atom is -0.493 e. The van der Waals surface area contributed by atoms with Crippen LogP contribution in [0.2, 0.25) is 0 Å². The second kappa shape index (κ2) is 13.7. The van der Waals surface area contributed by atoms with Gasteiger partial charge in [-0.3, -0.25) is 4.79 Å². The molecule has 5 rings (SSSR count). The lowest BCUT2D eigenvalue weighted by Crippen LogP contribution is -2.17. The molecule has 44 heavy (non-hydrogen) atoms. The molecule has 0 aliphatic carbocycles. The van der Waals surface area contributed by atoms with Gasteiger partial charge in [-0.1, -0.05) is 56.3 Å². The Kier molecular flexibility index (Phi) is 9.40. The van der Waals surface area contributed by atoms with Crippen LogP contribution in [0.1, 0.15) is 52.4 Å². The topological polar surface area (TPSA) is 87.0 Å². The van der Waals surface area contributed by atoms with Crippen LogP contribution in [0.3, 0.4) is 0 Å². The van der Waals surface area contributed by atoms with Gasteiger partial charge in [0, 0.05) is 22.9 Å². The Balaban J connectivity index is 1.30. The molecule has 0 radical (unpaired) electrons. The van der Waals surface area contributed by atoms with Crippen LogP contribution in [0.4, 0.5) is 0 Å². The molecule has 224 valence electrons. The van der Waals surface area contributed by atoms with Gasteiger partial charge in [0.2, 0.25) is 0 Å². The lowest BCUT2D eigenvalue weighted by Gasteiger charge is -2.15. The second-order valence-corrected chi connectivity index (χ2v) is 10.7. The zero-order valence-electron chi connectivity index (χ0n) is 25.6. The Bertz CT molecular complexity index is 1760. The number of rotatable bonds is 11. The van der Waals surface area contributed by atoms with E-state index in [0.29, 0.717) is 40.8 Å². The largest absolute Gasteiger partial charge is 0.493 e. The Hall–Kier alpha value is -5.37. The molecule has 0 fully saturated rings. The first kappa shape index (κ1) is 30.1. The summed E-state index contributed by atoms with van der Waals surface area (Å²) in [7, 11) is 3.19. The van der Waals surface area contributed by atoms with E-state index in [1.807, 2.05) is 66.9 Å². The van der Waals surface area contributed by atoms with Gasteiger partial charge in [0.15, 0.2) is 11.5 Å². The number of para-hydroxylation sites is 1. The molecule has 8 nitrogen and oxygen atoms in total. The van der Waals surface area contributed by atoms with E-state index in [4.69, 9.17) is 19.3 Å². The number of ether oxygens (including phenoxy) is 3. The minimum atomic E-state index is -0.322. The van der Waals surface area contributed by atoms with Crippen LogP contribution < -0.4 is 19.6 Å². The third-order valence-electron chi connectivity index (χ3n) is 7.19. The predicted molar refractivity (Wildman–Crippen MR) is 173 cm³/mol. The molecule has 5 aromatic rings. The van der Waals surface area contributed by atoms with Gasteiger partial charge in [0.05, 0.1) is 26.1 Å². The van der Waals surface area contributed by atoms with E-state index < -0.39 is 0 Å². The van der Waals surface area contributed by atoms with E-state index in [1.165, 1.54) is 5.56 Å². The average Bonchev–Trinajstić information content (AvgIpc) is 3.48. The molecule has 4 aromatic carbocycles. The van der Waals surface area contributed by atoms with E-state index in [0.717, 1.165) is 28.1 Å². The van der Waals surface area contributed by atoms with Gasteiger partial charge >= 0.3 is 0 Å². The molecule has 0 bridgehead atoms. The molecule has 0 aliphatic rings. The highest BCUT2D eigenvalue weighted by atomic mass is 16.5. The maximum absolute atomic E-state index is 12.9. The highest BCUT2D eigenvalue weighted by molar-refractivity contribution is 5.95. The highest BCUT2D eigenvalue weighted by Crippen LogP contribution is 2.33. The van der Waals surface area contributed by atoms with Crippen LogP contribution in [0.5, 0.6) is 17.2 Å². The maximum atomic E-state index is 12.9. The maximum Gasteiger partial charge on any atom is 0.271 e. The van der Waals surface area contributed by atoms with E-state index in [1.54, 1.807) is 37.2 Å². The number of methoxy groups -OCH3 is 2. The van der Waals surface area contributed by atoms with E-state index in [9.17, 15) is 4.79 Å². The fourth-order valence-corrected chi connectivity index (χ4v) is 4.78. The van der Waals surface area contributed by atoms with Gasteiger partial charge in [0.25, 0.3) is 5.91 Å². The highest BCUT2D eigenvalue weighted by Gasteiger charge is 2.15. The third-order valence-corrected chi connectivity index (χ3v) is 7.19. The number of nitrogens with one attached hydrogen (secondary N) is 1. The number of aromatic nitrogens is 2. The summed E-state index contributed by atoms with van der Waals surface area (Å²) in [6.07, 6.45) is 3.46. The quantitative estimate of drug-likeness (QED) is 0.129. The van der Waals surface area contributed by atoms with Crippen molar-refractivity contribution in [3.8, 4) is 34.2 Å². The zero-order valence-corrected chi connectivity index (χ0v) is 25.6. The molecule has 1 amide bonds. The molecule has 0 saturated carbocycles. The molecular weight excluding hydrogens is 552 g/mol. The Labute approximate surface area is 257 Å². The molecule has 0 saturated heterocycles. The predicted octanol–water partition coefficient (Wildman–Crippen LogP) is 7.33. The van der Waals surface area contributed by atoms with Crippen LogP contribution in [-0.2, 0) is 6.61 Å². The monoisotopic (exact) mass is 588 g/mol. The Morgan fingerprint density at radius 1 is 0.909 bits per heavy atom. The molecule has 1 heterocycles. The van der Waals surface area contributed by atoms with Crippen LogP contribution in [0, 0.1) is 6.92 Å². The van der Waals surface area contributed by atoms with Gasteiger partial charge in [0.1, 0.15) is 18.1 Å². The van der Waals surface area contributed by atoms with Gasteiger partial charge in [-0.25, -0.2) is 10.1 Å². The number of hydrogen-bond acceptors (Lipinski definition) is 6. The van der Waals surface area contributed by atoms with Gasteiger partial charge in [-0.05, 0) is 78.1 Å². The van der Waals surface area contributed by atoms with Crippen molar-refractivity contribution in [1.29, 1.82) is 0 Å². The number of hydrogen-bond donors (Lipinski definition) is 1. The van der Waals surface area contributed by atoms with Crippen LogP contribution in [0.15, 0.2) is 102 Å². The number of aryl methyl sites for hydroxylation is 1. The smallest absolute Gasteiger partial charge is 0.271 e. The summed E-state index contributed by atoms with van der Waals surface area (Å²) in [4.78, 5) is 12.9.